The maximum absolute atomic E-state index is 11.9. The van der Waals surface area contributed by atoms with Crippen molar-refractivity contribution in [2.24, 2.45) is 0 Å². The van der Waals surface area contributed by atoms with Gasteiger partial charge in [0.05, 0.1) is 11.9 Å². The molecule has 0 fully saturated rings. The number of anilines is 2. The largest absolute Gasteiger partial charge is 0.397 e. The number of nitrogens with one attached hydrogen (secondary N) is 1. The Bertz CT molecular complexity index is 599. The summed E-state index contributed by atoms with van der Waals surface area (Å²) in [5.74, 6) is 0.209. The molecule has 0 bridgehead atoms. The van der Waals surface area contributed by atoms with Crippen LogP contribution in [0, 0.1) is 6.92 Å². The molecule has 1 aromatic heterocycles. The minimum absolute atomic E-state index is 0.255. The number of halogens is 1. The molecular formula is C13H12ClN3O. The standard InChI is InChI=1S/C13H12ClN3O/c1-8-5-12(16-7-11(8)15)17-13(18)9-3-2-4-10(14)6-9/h2-7H,15H2,1H3,(H,16,17,18). The molecule has 3 N–H and O–H groups in total. The second-order valence-electron chi connectivity index (χ2n) is 3.89. The lowest BCUT2D eigenvalue weighted by atomic mass is 10.2. The molecule has 0 atom stereocenters. The highest BCUT2D eigenvalue weighted by Crippen LogP contribution is 2.15. The normalized spacial score (nSPS) is 10.1. The molecule has 0 saturated carbocycles. The zero-order valence-electron chi connectivity index (χ0n) is 9.77. The number of pyridine rings is 1. The van der Waals surface area contributed by atoms with E-state index in [1.54, 1.807) is 30.3 Å². The van der Waals surface area contributed by atoms with Gasteiger partial charge in [-0.05, 0) is 36.8 Å². The lowest BCUT2D eigenvalue weighted by Crippen LogP contribution is -2.13. The quantitative estimate of drug-likeness (QED) is 0.873. The number of aromatic nitrogens is 1. The lowest BCUT2D eigenvalue weighted by molar-refractivity contribution is 0.102. The van der Waals surface area contributed by atoms with E-state index in [-0.39, 0.29) is 5.91 Å². The molecular weight excluding hydrogens is 250 g/mol. The van der Waals surface area contributed by atoms with Crippen molar-refractivity contribution in [3.8, 4) is 0 Å². The average Bonchev–Trinajstić information content (AvgIpc) is 2.34. The Hall–Kier alpha value is -2.07. The number of carbonyl (C=O) groups excluding carboxylic acids is 1. The van der Waals surface area contributed by atoms with Gasteiger partial charge in [0.25, 0.3) is 5.91 Å². The van der Waals surface area contributed by atoms with Crippen LogP contribution in [0.1, 0.15) is 15.9 Å². The van der Waals surface area contributed by atoms with Crippen LogP contribution in [0.5, 0.6) is 0 Å². The molecule has 1 aromatic carbocycles. The van der Waals surface area contributed by atoms with Crippen molar-refractivity contribution < 1.29 is 4.79 Å². The van der Waals surface area contributed by atoms with Gasteiger partial charge in [-0.2, -0.15) is 0 Å². The molecule has 0 aliphatic rings. The van der Waals surface area contributed by atoms with Crippen LogP contribution in [-0.4, -0.2) is 10.9 Å². The number of carbonyl (C=O) groups is 1. The Morgan fingerprint density at radius 3 is 2.83 bits per heavy atom. The molecule has 0 aliphatic carbocycles. The lowest BCUT2D eigenvalue weighted by Gasteiger charge is -2.06. The number of aryl methyl sites for hydroxylation is 1. The topological polar surface area (TPSA) is 68.0 Å². The van der Waals surface area contributed by atoms with Gasteiger partial charge in [0.15, 0.2) is 0 Å². The zero-order chi connectivity index (χ0) is 13.1. The van der Waals surface area contributed by atoms with Crippen molar-refractivity contribution in [3.63, 3.8) is 0 Å². The first-order valence-electron chi connectivity index (χ1n) is 5.35. The number of hydrogen-bond acceptors (Lipinski definition) is 3. The van der Waals surface area contributed by atoms with Crippen molar-refractivity contribution in [1.82, 2.24) is 4.98 Å². The van der Waals surface area contributed by atoms with Crippen LogP contribution in [0.2, 0.25) is 5.02 Å². The van der Waals surface area contributed by atoms with Gasteiger partial charge in [-0.3, -0.25) is 4.79 Å². The second kappa shape index (κ2) is 5.06. The smallest absolute Gasteiger partial charge is 0.256 e. The predicted molar refractivity (Wildman–Crippen MR) is 72.8 cm³/mol. The van der Waals surface area contributed by atoms with E-state index in [0.29, 0.717) is 22.1 Å². The van der Waals surface area contributed by atoms with Crippen LogP contribution in [0.4, 0.5) is 11.5 Å². The van der Waals surface area contributed by atoms with E-state index < -0.39 is 0 Å². The van der Waals surface area contributed by atoms with E-state index in [4.69, 9.17) is 17.3 Å². The highest BCUT2D eigenvalue weighted by Gasteiger charge is 2.07. The number of nitrogens with two attached hydrogens (primary N) is 1. The molecule has 2 rings (SSSR count). The predicted octanol–water partition coefficient (Wildman–Crippen LogP) is 2.88. The summed E-state index contributed by atoms with van der Waals surface area (Å²) in [5, 5.41) is 3.21. The summed E-state index contributed by atoms with van der Waals surface area (Å²) < 4.78 is 0. The molecule has 0 spiro atoms. The fourth-order valence-corrected chi connectivity index (χ4v) is 1.64. The zero-order valence-corrected chi connectivity index (χ0v) is 10.5. The summed E-state index contributed by atoms with van der Waals surface area (Å²) in [6.07, 6.45) is 1.52. The fourth-order valence-electron chi connectivity index (χ4n) is 1.45. The maximum Gasteiger partial charge on any atom is 0.256 e. The van der Waals surface area contributed by atoms with E-state index in [1.807, 2.05) is 6.92 Å². The fraction of sp³-hybridized carbons (Fsp3) is 0.0769. The summed E-state index contributed by atoms with van der Waals surface area (Å²) in [6, 6.07) is 8.44. The van der Waals surface area contributed by atoms with Gasteiger partial charge in [0, 0.05) is 10.6 Å². The third-order valence-electron chi connectivity index (χ3n) is 2.48. The molecule has 0 saturated heterocycles. The van der Waals surface area contributed by atoms with Crippen LogP contribution in [-0.2, 0) is 0 Å². The Kier molecular flexibility index (Phi) is 3.48. The van der Waals surface area contributed by atoms with E-state index in [9.17, 15) is 4.79 Å². The highest BCUT2D eigenvalue weighted by atomic mass is 35.5. The Balaban J connectivity index is 2.18. The van der Waals surface area contributed by atoms with Crippen LogP contribution in [0.25, 0.3) is 0 Å². The molecule has 18 heavy (non-hydrogen) atoms. The van der Waals surface area contributed by atoms with E-state index in [2.05, 4.69) is 10.3 Å². The molecule has 92 valence electrons. The van der Waals surface area contributed by atoms with Gasteiger partial charge in [-0.25, -0.2) is 4.98 Å². The van der Waals surface area contributed by atoms with Gasteiger partial charge >= 0.3 is 0 Å². The van der Waals surface area contributed by atoms with Gasteiger partial charge in [0.2, 0.25) is 0 Å². The van der Waals surface area contributed by atoms with Gasteiger partial charge < -0.3 is 11.1 Å². The third-order valence-corrected chi connectivity index (χ3v) is 2.71. The third kappa shape index (κ3) is 2.78. The number of benzene rings is 1. The monoisotopic (exact) mass is 261 g/mol. The van der Waals surface area contributed by atoms with Gasteiger partial charge in [-0.15, -0.1) is 0 Å². The minimum atomic E-state index is -0.255. The van der Waals surface area contributed by atoms with Crippen molar-refractivity contribution in [1.29, 1.82) is 0 Å². The molecule has 0 radical (unpaired) electrons. The number of hydrogen-bond donors (Lipinski definition) is 2. The Morgan fingerprint density at radius 2 is 2.17 bits per heavy atom. The number of nitrogens with zero attached hydrogens (tertiary/aromatic N) is 1. The molecule has 5 heteroatoms. The summed E-state index contributed by atoms with van der Waals surface area (Å²) in [7, 11) is 0. The Morgan fingerprint density at radius 1 is 1.39 bits per heavy atom. The van der Waals surface area contributed by atoms with Crippen molar-refractivity contribution in [2.45, 2.75) is 6.92 Å². The first kappa shape index (κ1) is 12.4. The first-order valence-corrected chi connectivity index (χ1v) is 5.73. The molecule has 0 aliphatic heterocycles. The SMILES string of the molecule is Cc1cc(NC(=O)c2cccc(Cl)c2)ncc1N. The summed E-state index contributed by atoms with van der Waals surface area (Å²) in [4.78, 5) is 16.0. The van der Waals surface area contributed by atoms with Gasteiger partial charge in [-0.1, -0.05) is 17.7 Å². The van der Waals surface area contributed by atoms with Crippen molar-refractivity contribution in [3.05, 3.63) is 52.7 Å². The number of nitrogen functional groups attached to an aromatic ring is 1. The first-order chi connectivity index (χ1) is 8.56. The van der Waals surface area contributed by atoms with Crippen LogP contribution < -0.4 is 11.1 Å². The average molecular weight is 262 g/mol. The minimum Gasteiger partial charge on any atom is -0.397 e. The highest BCUT2D eigenvalue weighted by molar-refractivity contribution is 6.31. The van der Waals surface area contributed by atoms with Crippen LogP contribution >= 0.6 is 11.6 Å². The number of amides is 1. The Labute approximate surface area is 110 Å². The van der Waals surface area contributed by atoms with Crippen molar-refractivity contribution >= 4 is 29.0 Å². The maximum atomic E-state index is 11.9. The second-order valence-corrected chi connectivity index (χ2v) is 4.33. The molecule has 1 heterocycles. The molecule has 1 amide bonds. The summed E-state index contributed by atoms with van der Waals surface area (Å²) >= 11 is 5.83. The molecule has 2 aromatic rings. The van der Waals surface area contributed by atoms with E-state index in [1.165, 1.54) is 6.20 Å². The molecule has 4 nitrogen and oxygen atoms in total. The van der Waals surface area contributed by atoms with Crippen molar-refractivity contribution in [2.75, 3.05) is 11.1 Å². The van der Waals surface area contributed by atoms with Crippen LogP contribution in [0.15, 0.2) is 36.5 Å². The van der Waals surface area contributed by atoms with E-state index in [0.717, 1.165) is 5.56 Å². The van der Waals surface area contributed by atoms with Crippen LogP contribution in [0.3, 0.4) is 0 Å². The molecule has 0 unspecified atom stereocenters. The number of rotatable bonds is 2. The summed E-state index contributed by atoms with van der Waals surface area (Å²) in [5.41, 5.74) is 7.60. The van der Waals surface area contributed by atoms with E-state index >= 15 is 0 Å². The van der Waals surface area contributed by atoms with Gasteiger partial charge in [0.1, 0.15) is 5.82 Å². The summed E-state index contributed by atoms with van der Waals surface area (Å²) in [6.45, 7) is 1.85.